The van der Waals surface area contributed by atoms with Crippen LogP contribution in [0.2, 0.25) is 0 Å². The van der Waals surface area contributed by atoms with E-state index >= 15 is 0 Å². The van der Waals surface area contributed by atoms with E-state index in [0.29, 0.717) is 17.5 Å². The van der Waals surface area contributed by atoms with Gasteiger partial charge in [0.25, 0.3) is 0 Å². The van der Waals surface area contributed by atoms with Crippen LogP contribution in [0.5, 0.6) is 0 Å². The molecule has 1 saturated carbocycles. The van der Waals surface area contributed by atoms with Crippen LogP contribution in [0.3, 0.4) is 0 Å². The first-order valence-electron chi connectivity index (χ1n) is 5.37. The predicted octanol–water partition coefficient (Wildman–Crippen LogP) is 1.40. The summed E-state index contributed by atoms with van der Waals surface area (Å²) in [4.78, 5) is 14.4. The SMILES string of the molecule is O=C(O)c1ccc(CN(CCO)C2CC2)s1. The molecule has 0 atom stereocenters. The van der Waals surface area contributed by atoms with Gasteiger partial charge in [-0.2, -0.15) is 0 Å². The van der Waals surface area contributed by atoms with Gasteiger partial charge in [0, 0.05) is 24.0 Å². The Hall–Kier alpha value is -0.910. The molecule has 88 valence electrons. The second kappa shape index (κ2) is 4.95. The summed E-state index contributed by atoms with van der Waals surface area (Å²) in [7, 11) is 0. The third-order valence-corrected chi connectivity index (χ3v) is 3.74. The van der Waals surface area contributed by atoms with Gasteiger partial charge >= 0.3 is 5.97 Å². The van der Waals surface area contributed by atoms with Crippen molar-refractivity contribution in [2.75, 3.05) is 13.2 Å². The summed E-state index contributed by atoms with van der Waals surface area (Å²) in [5.41, 5.74) is 0. The molecule has 1 aromatic heterocycles. The highest BCUT2D eigenvalue weighted by Crippen LogP contribution is 2.29. The summed E-state index contributed by atoms with van der Waals surface area (Å²) in [5, 5.41) is 17.8. The number of carboxylic acid groups (broad SMARTS) is 1. The fourth-order valence-corrected chi connectivity index (χ4v) is 2.61. The molecule has 0 aliphatic heterocycles. The number of hydrogen-bond acceptors (Lipinski definition) is 4. The molecule has 0 unspecified atom stereocenters. The molecule has 0 saturated heterocycles. The van der Waals surface area contributed by atoms with Crippen molar-refractivity contribution < 1.29 is 15.0 Å². The summed E-state index contributed by atoms with van der Waals surface area (Å²) in [6, 6.07) is 4.09. The van der Waals surface area contributed by atoms with Crippen molar-refractivity contribution in [3.05, 3.63) is 21.9 Å². The van der Waals surface area contributed by atoms with E-state index in [9.17, 15) is 4.79 Å². The monoisotopic (exact) mass is 241 g/mol. The molecule has 1 aliphatic carbocycles. The fraction of sp³-hybridized carbons (Fsp3) is 0.545. The second-order valence-electron chi connectivity index (χ2n) is 4.00. The van der Waals surface area contributed by atoms with E-state index in [1.54, 1.807) is 6.07 Å². The lowest BCUT2D eigenvalue weighted by Gasteiger charge is -2.19. The number of aliphatic hydroxyl groups excluding tert-OH is 1. The molecule has 2 N–H and O–H groups in total. The van der Waals surface area contributed by atoms with E-state index in [4.69, 9.17) is 10.2 Å². The van der Waals surface area contributed by atoms with Crippen molar-refractivity contribution in [3.63, 3.8) is 0 Å². The molecular formula is C11H15NO3S. The molecule has 0 bridgehead atoms. The molecule has 2 rings (SSSR count). The normalized spacial score (nSPS) is 15.6. The second-order valence-corrected chi connectivity index (χ2v) is 5.16. The smallest absolute Gasteiger partial charge is 0.345 e. The maximum absolute atomic E-state index is 10.7. The van der Waals surface area contributed by atoms with E-state index < -0.39 is 5.97 Å². The third kappa shape index (κ3) is 2.81. The minimum atomic E-state index is -0.864. The van der Waals surface area contributed by atoms with Gasteiger partial charge in [0.1, 0.15) is 4.88 Å². The number of aliphatic hydroxyl groups is 1. The molecule has 1 fully saturated rings. The number of carbonyl (C=O) groups is 1. The predicted molar refractivity (Wildman–Crippen MR) is 61.8 cm³/mol. The third-order valence-electron chi connectivity index (χ3n) is 2.68. The molecular weight excluding hydrogens is 226 g/mol. The highest BCUT2D eigenvalue weighted by atomic mass is 32.1. The van der Waals surface area contributed by atoms with Crippen LogP contribution in [0.4, 0.5) is 0 Å². The first-order chi connectivity index (χ1) is 7.70. The van der Waals surface area contributed by atoms with Crippen LogP contribution in [0, 0.1) is 0 Å². The van der Waals surface area contributed by atoms with Crippen molar-refractivity contribution in [1.29, 1.82) is 0 Å². The lowest BCUT2D eigenvalue weighted by molar-refractivity contribution is 0.0702. The molecule has 1 aromatic rings. The van der Waals surface area contributed by atoms with E-state index in [2.05, 4.69) is 4.90 Å². The zero-order valence-electron chi connectivity index (χ0n) is 8.93. The Balaban J connectivity index is 1.97. The van der Waals surface area contributed by atoms with Crippen molar-refractivity contribution in [3.8, 4) is 0 Å². The summed E-state index contributed by atoms with van der Waals surface area (Å²) in [6.07, 6.45) is 2.38. The maximum atomic E-state index is 10.7. The van der Waals surface area contributed by atoms with E-state index in [0.717, 1.165) is 11.4 Å². The number of nitrogens with zero attached hydrogens (tertiary/aromatic N) is 1. The van der Waals surface area contributed by atoms with Gasteiger partial charge in [-0.15, -0.1) is 11.3 Å². The number of aromatic carboxylic acids is 1. The molecule has 0 spiro atoms. The molecule has 0 aromatic carbocycles. The summed E-state index contributed by atoms with van der Waals surface area (Å²) >= 11 is 1.32. The van der Waals surface area contributed by atoms with Gasteiger partial charge in [-0.05, 0) is 25.0 Å². The molecule has 16 heavy (non-hydrogen) atoms. The van der Waals surface area contributed by atoms with Crippen LogP contribution >= 0.6 is 11.3 Å². The van der Waals surface area contributed by atoms with Crippen LogP contribution in [0.1, 0.15) is 27.4 Å². The van der Waals surface area contributed by atoms with Crippen LogP contribution in [-0.2, 0) is 6.54 Å². The average molecular weight is 241 g/mol. The first kappa shape index (κ1) is 11.6. The van der Waals surface area contributed by atoms with Crippen LogP contribution in [0.15, 0.2) is 12.1 Å². The standard InChI is InChI=1S/C11H15NO3S/c13-6-5-12(8-1-2-8)7-9-3-4-10(16-9)11(14)15/h3-4,8,13H,1-2,5-7H2,(H,14,15). The topological polar surface area (TPSA) is 60.8 Å². The summed E-state index contributed by atoms with van der Waals surface area (Å²) in [5.74, 6) is -0.864. The van der Waals surface area contributed by atoms with Crippen LogP contribution < -0.4 is 0 Å². The number of rotatable bonds is 6. The van der Waals surface area contributed by atoms with Crippen LogP contribution in [0.25, 0.3) is 0 Å². The van der Waals surface area contributed by atoms with Gasteiger partial charge in [-0.25, -0.2) is 4.79 Å². The van der Waals surface area contributed by atoms with Gasteiger partial charge in [0.05, 0.1) is 6.61 Å². The summed E-state index contributed by atoms with van der Waals surface area (Å²) in [6.45, 7) is 1.59. The number of hydrogen-bond donors (Lipinski definition) is 2. The minimum absolute atomic E-state index is 0.160. The van der Waals surface area contributed by atoms with E-state index in [-0.39, 0.29) is 6.61 Å². The molecule has 5 heteroatoms. The Morgan fingerprint density at radius 3 is 2.75 bits per heavy atom. The van der Waals surface area contributed by atoms with Gasteiger partial charge < -0.3 is 10.2 Å². The Labute approximate surface area is 98.1 Å². The Morgan fingerprint density at radius 2 is 2.25 bits per heavy atom. The summed E-state index contributed by atoms with van der Waals surface area (Å²) < 4.78 is 0. The minimum Gasteiger partial charge on any atom is -0.477 e. The highest BCUT2D eigenvalue weighted by molar-refractivity contribution is 7.13. The van der Waals surface area contributed by atoms with Gasteiger partial charge in [0.2, 0.25) is 0 Å². The zero-order chi connectivity index (χ0) is 11.5. The Bertz CT molecular complexity index is 373. The van der Waals surface area contributed by atoms with Crippen molar-refractivity contribution >= 4 is 17.3 Å². The van der Waals surface area contributed by atoms with Gasteiger partial charge in [-0.3, -0.25) is 4.90 Å². The molecule has 0 radical (unpaired) electrons. The van der Waals surface area contributed by atoms with Crippen LogP contribution in [-0.4, -0.2) is 40.3 Å². The highest BCUT2D eigenvalue weighted by Gasteiger charge is 2.28. The first-order valence-corrected chi connectivity index (χ1v) is 6.19. The van der Waals surface area contributed by atoms with Crippen molar-refractivity contribution in [1.82, 2.24) is 4.90 Å². The van der Waals surface area contributed by atoms with Gasteiger partial charge in [-0.1, -0.05) is 0 Å². The number of carboxylic acids is 1. The average Bonchev–Trinajstić information content (AvgIpc) is 2.98. The number of thiophene rings is 1. The molecule has 0 amide bonds. The van der Waals surface area contributed by atoms with Gasteiger partial charge in [0.15, 0.2) is 0 Å². The van der Waals surface area contributed by atoms with Crippen molar-refractivity contribution in [2.45, 2.75) is 25.4 Å². The van der Waals surface area contributed by atoms with E-state index in [1.165, 1.54) is 24.2 Å². The zero-order valence-corrected chi connectivity index (χ0v) is 9.74. The fourth-order valence-electron chi connectivity index (χ4n) is 1.74. The largest absolute Gasteiger partial charge is 0.477 e. The Kier molecular flexibility index (Phi) is 3.58. The lowest BCUT2D eigenvalue weighted by Crippen LogP contribution is -2.28. The molecule has 1 aliphatic rings. The lowest BCUT2D eigenvalue weighted by atomic mass is 10.3. The van der Waals surface area contributed by atoms with E-state index in [1.807, 2.05) is 6.07 Å². The maximum Gasteiger partial charge on any atom is 0.345 e. The molecule has 4 nitrogen and oxygen atoms in total. The quantitative estimate of drug-likeness (QED) is 0.790. The molecule has 1 heterocycles. The van der Waals surface area contributed by atoms with Crippen molar-refractivity contribution in [2.24, 2.45) is 0 Å². The Morgan fingerprint density at radius 1 is 1.50 bits per heavy atom.